The van der Waals surface area contributed by atoms with Crippen LogP contribution in [0.4, 0.5) is 5.69 Å². The Morgan fingerprint density at radius 1 is 0.909 bits per heavy atom. The quantitative estimate of drug-likeness (QED) is 0.800. The third-order valence-corrected chi connectivity index (χ3v) is 7.21. The lowest BCUT2D eigenvalue weighted by molar-refractivity contribution is 0.391. The maximum atomic E-state index is 13.1. The van der Waals surface area contributed by atoms with Gasteiger partial charge in [-0.15, -0.1) is 0 Å². The number of hydrogen-bond donors (Lipinski definition) is 0. The van der Waals surface area contributed by atoms with Gasteiger partial charge in [0.25, 0.3) is 0 Å². The molecule has 0 aliphatic carbocycles. The minimum absolute atomic E-state index is 0.754. The highest BCUT2D eigenvalue weighted by Crippen LogP contribution is 2.44. The number of benzene rings is 2. The zero-order chi connectivity index (χ0) is 15.6. The van der Waals surface area contributed by atoms with Crippen molar-refractivity contribution in [1.82, 2.24) is 4.67 Å². The molecule has 1 heterocycles. The molecule has 22 heavy (non-hydrogen) atoms. The molecular formula is C17H20ClN2OP. The van der Waals surface area contributed by atoms with Crippen LogP contribution in [0.15, 0.2) is 54.6 Å². The van der Waals surface area contributed by atoms with Crippen LogP contribution in [-0.2, 0) is 4.57 Å². The maximum Gasteiger partial charge on any atom is 0.175 e. The zero-order valence-corrected chi connectivity index (χ0v) is 14.3. The fourth-order valence-electron chi connectivity index (χ4n) is 2.86. The third-order valence-electron chi connectivity index (χ3n) is 4.22. The van der Waals surface area contributed by atoms with Crippen LogP contribution >= 0.6 is 18.9 Å². The SMILES string of the molecule is CP(=O)(c1ccccc1)N1CCN(c2ccc(Cl)cc2)CC1. The summed E-state index contributed by atoms with van der Waals surface area (Å²) in [5, 5.41) is 1.69. The van der Waals surface area contributed by atoms with Crippen molar-refractivity contribution in [2.45, 2.75) is 0 Å². The fraction of sp³-hybridized carbons (Fsp3) is 0.294. The predicted octanol–water partition coefficient (Wildman–Crippen LogP) is 3.70. The van der Waals surface area contributed by atoms with Crippen molar-refractivity contribution in [2.75, 3.05) is 37.7 Å². The Bertz CT molecular complexity index is 667. The van der Waals surface area contributed by atoms with E-state index in [9.17, 15) is 4.57 Å². The van der Waals surface area contributed by atoms with Crippen molar-refractivity contribution >= 4 is 29.9 Å². The molecule has 0 radical (unpaired) electrons. The number of piperazine rings is 1. The monoisotopic (exact) mass is 334 g/mol. The van der Waals surface area contributed by atoms with Crippen molar-refractivity contribution < 1.29 is 4.57 Å². The lowest BCUT2D eigenvalue weighted by Gasteiger charge is -2.39. The Labute approximate surface area is 136 Å². The number of rotatable bonds is 3. The van der Waals surface area contributed by atoms with Crippen molar-refractivity contribution in [3.05, 3.63) is 59.6 Å². The molecule has 2 aromatic rings. The normalized spacial score (nSPS) is 18.9. The van der Waals surface area contributed by atoms with E-state index in [4.69, 9.17) is 11.6 Å². The first-order valence-electron chi connectivity index (χ1n) is 7.46. The summed E-state index contributed by atoms with van der Waals surface area (Å²) in [4.78, 5) is 2.32. The van der Waals surface area contributed by atoms with Crippen LogP contribution in [0.1, 0.15) is 0 Å². The highest BCUT2D eigenvalue weighted by Gasteiger charge is 2.30. The molecule has 3 rings (SSSR count). The molecule has 0 amide bonds. The topological polar surface area (TPSA) is 23.6 Å². The second kappa shape index (κ2) is 6.45. The van der Waals surface area contributed by atoms with Crippen molar-refractivity contribution in [3.8, 4) is 0 Å². The van der Waals surface area contributed by atoms with Gasteiger partial charge in [-0.2, -0.15) is 0 Å². The molecular weight excluding hydrogens is 315 g/mol. The molecule has 0 saturated carbocycles. The molecule has 3 nitrogen and oxygen atoms in total. The van der Waals surface area contributed by atoms with Gasteiger partial charge >= 0.3 is 0 Å². The number of halogens is 1. The molecule has 1 unspecified atom stereocenters. The lowest BCUT2D eigenvalue weighted by Crippen LogP contribution is -2.45. The van der Waals surface area contributed by atoms with Crippen LogP contribution in [0, 0.1) is 0 Å². The van der Waals surface area contributed by atoms with Gasteiger partial charge in [0.15, 0.2) is 7.29 Å². The van der Waals surface area contributed by atoms with E-state index in [0.29, 0.717) is 0 Å². The molecule has 0 aromatic heterocycles. The van der Waals surface area contributed by atoms with Crippen molar-refractivity contribution in [2.24, 2.45) is 0 Å². The number of anilines is 1. The van der Waals surface area contributed by atoms with E-state index in [-0.39, 0.29) is 0 Å². The van der Waals surface area contributed by atoms with Gasteiger partial charge in [0.2, 0.25) is 0 Å². The molecule has 1 aliphatic heterocycles. The average molecular weight is 335 g/mol. The number of nitrogens with zero attached hydrogens (tertiary/aromatic N) is 2. The van der Waals surface area contributed by atoms with E-state index in [2.05, 4.69) is 9.57 Å². The standard InChI is InChI=1S/C17H20ClN2OP/c1-22(21,17-5-3-2-4-6-17)20-13-11-19(12-14-20)16-9-7-15(18)8-10-16/h2-10H,11-14H2,1H3. The summed E-state index contributed by atoms with van der Waals surface area (Å²) in [6.45, 7) is 5.26. The van der Waals surface area contributed by atoms with Crippen LogP contribution in [0.2, 0.25) is 5.02 Å². The molecule has 0 bridgehead atoms. The Morgan fingerprint density at radius 3 is 2.09 bits per heavy atom. The third kappa shape index (κ3) is 3.22. The summed E-state index contributed by atoms with van der Waals surface area (Å²) in [6, 6.07) is 17.7. The van der Waals surface area contributed by atoms with Crippen molar-refractivity contribution in [3.63, 3.8) is 0 Å². The molecule has 2 aromatic carbocycles. The Kier molecular flexibility index (Phi) is 4.58. The van der Waals surface area contributed by atoms with E-state index in [1.165, 1.54) is 5.69 Å². The smallest absolute Gasteiger partial charge is 0.175 e. The van der Waals surface area contributed by atoms with Gasteiger partial charge in [-0.25, -0.2) is 4.67 Å². The van der Waals surface area contributed by atoms with Gasteiger partial charge < -0.3 is 9.46 Å². The molecule has 0 spiro atoms. The summed E-state index contributed by atoms with van der Waals surface area (Å²) in [6.07, 6.45) is 0. The molecule has 116 valence electrons. The van der Waals surface area contributed by atoms with Crippen LogP contribution < -0.4 is 10.2 Å². The summed E-state index contributed by atoms with van der Waals surface area (Å²) in [5.41, 5.74) is 1.18. The largest absolute Gasteiger partial charge is 0.369 e. The van der Waals surface area contributed by atoms with Crippen LogP contribution in [0.25, 0.3) is 0 Å². The van der Waals surface area contributed by atoms with E-state index >= 15 is 0 Å². The molecule has 0 N–H and O–H groups in total. The minimum atomic E-state index is -2.46. The van der Waals surface area contributed by atoms with E-state index in [1.807, 2.05) is 61.3 Å². The summed E-state index contributed by atoms with van der Waals surface area (Å²) in [5.74, 6) is 0. The maximum absolute atomic E-state index is 13.1. The van der Waals surface area contributed by atoms with Crippen LogP contribution in [0.5, 0.6) is 0 Å². The van der Waals surface area contributed by atoms with E-state index in [1.54, 1.807) is 0 Å². The van der Waals surface area contributed by atoms with Crippen molar-refractivity contribution in [1.29, 1.82) is 0 Å². The average Bonchev–Trinajstić information content (AvgIpc) is 2.56. The second-order valence-electron chi connectivity index (χ2n) is 5.63. The fourth-order valence-corrected chi connectivity index (χ4v) is 4.98. The Balaban J connectivity index is 1.69. The predicted molar refractivity (Wildman–Crippen MR) is 94.8 cm³/mol. The summed E-state index contributed by atoms with van der Waals surface area (Å²) < 4.78 is 15.3. The van der Waals surface area contributed by atoms with Gasteiger partial charge in [-0.3, -0.25) is 0 Å². The summed E-state index contributed by atoms with van der Waals surface area (Å²) >= 11 is 5.94. The highest BCUT2D eigenvalue weighted by molar-refractivity contribution is 7.68. The first-order valence-corrected chi connectivity index (χ1v) is 9.95. The Morgan fingerprint density at radius 2 is 1.50 bits per heavy atom. The molecule has 5 heteroatoms. The van der Waals surface area contributed by atoms with Gasteiger partial charge in [0, 0.05) is 48.9 Å². The number of hydrogen-bond acceptors (Lipinski definition) is 2. The minimum Gasteiger partial charge on any atom is -0.369 e. The molecule has 1 atom stereocenters. The van der Waals surface area contributed by atoms with E-state index in [0.717, 1.165) is 36.5 Å². The second-order valence-corrected chi connectivity index (χ2v) is 8.91. The van der Waals surface area contributed by atoms with Crippen LogP contribution in [-0.4, -0.2) is 37.5 Å². The lowest BCUT2D eigenvalue weighted by atomic mass is 10.2. The molecule has 1 aliphatic rings. The molecule has 1 fully saturated rings. The Hall–Kier alpha value is -1.28. The van der Waals surface area contributed by atoms with E-state index < -0.39 is 7.29 Å². The van der Waals surface area contributed by atoms with Crippen LogP contribution in [0.3, 0.4) is 0 Å². The highest BCUT2D eigenvalue weighted by atomic mass is 35.5. The van der Waals surface area contributed by atoms with Gasteiger partial charge in [0.05, 0.1) is 0 Å². The first kappa shape index (κ1) is 15.6. The summed E-state index contributed by atoms with van der Waals surface area (Å²) in [7, 11) is -2.46. The van der Waals surface area contributed by atoms with Gasteiger partial charge in [0.1, 0.15) is 0 Å². The van der Waals surface area contributed by atoms with Gasteiger partial charge in [-0.05, 0) is 24.3 Å². The first-order chi connectivity index (χ1) is 10.6. The molecule has 1 saturated heterocycles. The van der Waals surface area contributed by atoms with Gasteiger partial charge in [-0.1, -0.05) is 41.9 Å². The zero-order valence-electron chi connectivity index (χ0n) is 12.7.